The van der Waals surface area contributed by atoms with E-state index in [0.717, 1.165) is 38.2 Å². The molecule has 104 valence electrons. The van der Waals surface area contributed by atoms with Crippen LogP contribution in [0.25, 0.3) is 0 Å². The second-order valence-electron chi connectivity index (χ2n) is 6.58. The van der Waals surface area contributed by atoms with Gasteiger partial charge in [-0.25, -0.2) is 4.79 Å². The molecule has 0 radical (unpaired) electrons. The van der Waals surface area contributed by atoms with Crippen molar-refractivity contribution in [3.8, 4) is 0 Å². The second-order valence-corrected chi connectivity index (χ2v) is 6.58. The van der Waals surface area contributed by atoms with E-state index in [1.165, 1.54) is 0 Å². The van der Waals surface area contributed by atoms with E-state index in [1.807, 2.05) is 20.8 Å². The minimum Gasteiger partial charge on any atom is -0.455 e. The van der Waals surface area contributed by atoms with E-state index in [0.29, 0.717) is 5.69 Å². The number of nitrogens with one attached hydrogen (secondary N) is 1. The van der Waals surface area contributed by atoms with Crippen molar-refractivity contribution in [2.75, 3.05) is 19.6 Å². The highest BCUT2D eigenvalue weighted by Gasteiger charge is 2.49. The highest BCUT2D eigenvalue weighted by atomic mass is 16.6. The molecule has 0 aromatic carbocycles. The number of aromatic amines is 1. The van der Waals surface area contributed by atoms with Crippen molar-refractivity contribution in [2.45, 2.75) is 44.6 Å². The Morgan fingerprint density at radius 3 is 2.53 bits per heavy atom. The number of carbonyl (C=O) groups excluding carboxylic acids is 1. The molecule has 3 heterocycles. The van der Waals surface area contributed by atoms with Crippen molar-refractivity contribution >= 4 is 5.97 Å². The number of H-pyrrole nitrogens is 1. The van der Waals surface area contributed by atoms with Crippen LogP contribution in [0.5, 0.6) is 0 Å². The zero-order valence-corrected chi connectivity index (χ0v) is 11.7. The lowest BCUT2D eigenvalue weighted by molar-refractivity contribution is 0.00599. The summed E-state index contributed by atoms with van der Waals surface area (Å²) < 4.78 is 5.41. The first kappa shape index (κ1) is 12.6. The Bertz CT molecular complexity index is 495. The number of aromatic nitrogens is 3. The minimum atomic E-state index is -0.512. The summed E-state index contributed by atoms with van der Waals surface area (Å²) in [5.74, 6) is -0.379. The summed E-state index contributed by atoms with van der Waals surface area (Å²) in [6.07, 6.45) is 2.10. The first-order valence-electron chi connectivity index (χ1n) is 6.77. The zero-order chi connectivity index (χ0) is 13.7. The average molecular weight is 264 g/mol. The standard InChI is InChI=1S/C13H20N4O2/c1-12(2,3)19-11(18)9-10(15-16-14-9)13-4-6-17(8-13)7-5-13/h4-8H2,1-3H3,(H,14,15,16). The molecule has 1 N–H and O–H groups in total. The molecule has 2 bridgehead atoms. The maximum absolute atomic E-state index is 12.2. The molecule has 1 aromatic heterocycles. The number of esters is 1. The van der Waals surface area contributed by atoms with Gasteiger partial charge in [0.25, 0.3) is 0 Å². The van der Waals surface area contributed by atoms with Gasteiger partial charge in [0.05, 0.1) is 0 Å². The van der Waals surface area contributed by atoms with Gasteiger partial charge in [-0.1, -0.05) is 0 Å². The topological polar surface area (TPSA) is 71.1 Å². The van der Waals surface area contributed by atoms with E-state index in [1.54, 1.807) is 0 Å². The molecule has 0 spiro atoms. The fraction of sp³-hybridized carbons (Fsp3) is 0.769. The van der Waals surface area contributed by atoms with Gasteiger partial charge in [0.15, 0.2) is 5.69 Å². The van der Waals surface area contributed by atoms with Crippen molar-refractivity contribution in [3.63, 3.8) is 0 Å². The zero-order valence-electron chi connectivity index (χ0n) is 11.7. The van der Waals surface area contributed by atoms with Gasteiger partial charge in [0.2, 0.25) is 0 Å². The molecule has 0 unspecified atom stereocenters. The van der Waals surface area contributed by atoms with E-state index in [4.69, 9.17) is 4.74 Å². The van der Waals surface area contributed by atoms with E-state index in [2.05, 4.69) is 20.3 Å². The van der Waals surface area contributed by atoms with Crippen molar-refractivity contribution in [1.29, 1.82) is 0 Å². The normalized spacial score (nSPS) is 29.7. The molecule has 2 aliphatic rings. The summed E-state index contributed by atoms with van der Waals surface area (Å²) in [6.45, 7) is 8.72. The number of piperidine rings is 1. The Labute approximate surface area is 112 Å². The first-order valence-corrected chi connectivity index (χ1v) is 6.77. The monoisotopic (exact) mass is 264 g/mol. The third-order valence-electron chi connectivity index (χ3n) is 3.98. The fourth-order valence-electron chi connectivity index (χ4n) is 3.11. The summed E-state index contributed by atoms with van der Waals surface area (Å²) in [5, 5.41) is 10.9. The van der Waals surface area contributed by atoms with Crippen LogP contribution in [0.4, 0.5) is 0 Å². The van der Waals surface area contributed by atoms with Crippen LogP contribution in [0.1, 0.15) is 49.8 Å². The second kappa shape index (κ2) is 4.03. The van der Waals surface area contributed by atoms with Gasteiger partial charge in [0, 0.05) is 12.0 Å². The molecule has 3 rings (SSSR count). The molecule has 2 saturated heterocycles. The molecule has 0 saturated carbocycles. The maximum atomic E-state index is 12.2. The Kier molecular flexibility index (Phi) is 2.67. The van der Waals surface area contributed by atoms with Crippen molar-refractivity contribution in [3.05, 3.63) is 11.4 Å². The summed E-state index contributed by atoms with van der Waals surface area (Å²) in [5.41, 5.74) is 0.641. The molecular formula is C13H20N4O2. The average Bonchev–Trinajstić information content (AvgIpc) is 3.02. The third-order valence-corrected chi connectivity index (χ3v) is 3.98. The maximum Gasteiger partial charge on any atom is 0.361 e. The molecule has 0 atom stereocenters. The van der Waals surface area contributed by atoms with Gasteiger partial charge in [-0.15, -0.1) is 5.10 Å². The Hall–Kier alpha value is -1.43. The van der Waals surface area contributed by atoms with Crippen LogP contribution in [-0.4, -0.2) is 51.5 Å². The van der Waals surface area contributed by atoms with Gasteiger partial charge >= 0.3 is 5.97 Å². The largest absolute Gasteiger partial charge is 0.455 e. The highest BCUT2D eigenvalue weighted by Crippen LogP contribution is 2.43. The van der Waals surface area contributed by atoms with Crippen LogP contribution in [0, 0.1) is 0 Å². The first-order chi connectivity index (χ1) is 8.90. The quantitative estimate of drug-likeness (QED) is 0.810. The lowest BCUT2D eigenvalue weighted by atomic mass is 9.80. The minimum absolute atomic E-state index is 0.000756. The van der Waals surface area contributed by atoms with Crippen LogP contribution in [0.15, 0.2) is 0 Å². The smallest absolute Gasteiger partial charge is 0.361 e. The SMILES string of the molecule is CC(C)(C)OC(=O)c1n[nH]nc1C12CCN(CC1)C2. The Balaban J connectivity index is 1.89. The predicted octanol–water partition coefficient (Wildman–Crippen LogP) is 1.11. The molecule has 2 fully saturated rings. The van der Waals surface area contributed by atoms with E-state index >= 15 is 0 Å². The van der Waals surface area contributed by atoms with E-state index in [9.17, 15) is 4.79 Å². The number of fused-ring (bicyclic) bond motifs is 2. The number of carbonyl (C=O) groups is 1. The van der Waals surface area contributed by atoms with E-state index < -0.39 is 5.60 Å². The Morgan fingerprint density at radius 2 is 2.00 bits per heavy atom. The van der Waals surface area contributed by atoms with Gasteiger partial charge in [-0.2, -0.15) is 10.3 Å². The van der Waals surface area contributed by atoms with Crippen molar-refractivity contribution in [1.82, 2.24) is 20.3 Å². The summed E-state index contributed by atoms with van der Waals surface area (Å²) >= 11 is 0. The van der Waals surface area contributed by atoms with Crippen LogP contribution >= 0.6 is 0 Å². The summed E-state index contributed by atoms with van der Waals surface area (Å²) in [6, 6.07) is 0. The lowest BCUT2D eigenvalue weighted by Crippen LogP contribution is -2.30. The van der Waals surface area contributed by atoms with Crippen LogP contribution in [-0.2, 0) is 10.2 Å². The highest BCUT2D eigenvalue weighted by molar-refractivity contribution is 5.89. The molecule has 6 nitrogen and oxygen atoms in total. The van der Waals surface area contributed by atoms with Crippen LogP contribution in [0.3, 0.4) is 0 Å². The summed E-state index contributed by atoms with van der Waals surface area (Å²) in [7, 11) is 0. The van der Waals surface area contributed by atoms with Crippen LogP contribution in [0.2, 0.25) is 0 Å². The number of hydrogen-bond donors (Lipinski definition) is 1. The molecule has 2 aliphatic heterocycles. The molecule has 0 amide bonds. The molecule has 19 heavy (non-hydrogen) atoms. The van der Waals surface area contributed by atoms with Gasteiger partial charge in [-0.05, 0) is 46.7 Å². The van der Waals surface area contributed by atoms with Gasteiger partial charge in [-0.3, -0.25) is 0 Å². The molecule has 1 aromatic rings. The van der Waals surface area contributed by atoms with Gasteiger partial charge in [0.1, 0.15) is 11.3 Å². The van der Waals surface area contributed by atoms with Crippen molar-refractivity contribution in [2.24, 2.45) is 0 Å². The number of nitrogens with zero attached hydrogens (tertiary/aromatic N) is 3. The lowest BCUT2D eigenvalue weighted by Gasteiger charge is -2.24. The number of ether oxygens (including phenoxy) is 1. The molecule has 6 heteroatoms. The molecule has 0 aliphatic carbocycles. The predicted molar refractivity (Wildman–Crippen MR) is 68.9 cm³/mol. The van der Waals surface area contributed by atoms with Crippen molar-refractivity contribution < 1.29 is 9.53 Å². The fourth-order valence-corrected chi connectivity index (χ4v) is 3.11. The number of rotatable bonds is 2. The summed E-state index contributed by atoms with van der Waals surface area (Å²) in [4.78, 5) is 14.6. The third kappa shape index (κ3) is 2.14. The number of hydrogen-bond acceptors (Lipinski definition) is 5. The Morgan fingerprint density at radius 1 is 1.32 bits per heavy atom. The molecular weight excluding hydrogens is 244 g/mol. The van der Waals surface area contributed by atoms with Gasteiger partial charge < -0.3 is 9.64 Å². The van der Waals surface area contributed by atoms with E-state index in [-0.39, 0.29) is 11.4 Å². The van der Waals surface area contributed by atoms with Crippen LogP contribution < -0.4 is 0 Å².